The van der Waals surface area contributed by atoms with Crippen molar-refractivity contribution in [3.63, 3.8) is 0 Å². The van der Waals surface area contributed by atoms with Gasteiger partial charge in [0.1, 0.15) is 5.52 Å². The first-order chi connectivity index (χ1) is 9.31. The van der Waals surface area contributed by atoms with Crippen LogP contribution >= 0.6 is 11.6 Å². The minimum Gasteiger partial charge on any atom is -0.368 e. The molecule has 2 aliphatic carbocycles. The van der Waals surface area contributed by atoms with E-state index in [2.05, 4.69) is 25.3 Å². The first-order valence-corrected chi connectivity index (χ1v) is 7.29. The summed E-state index contributed by atoms with van der Waals surface area (Å²) < 4.78 is 0. The standard InChI is InChI=1S/C13H16ClN5/c14-13-18-11(10-12(19-13)17-6-16-10)15-5-9(7-1-2-7)8-3-4-8/h6-9H,1-5H2,(H2,15,16,17,18,19). The van der Waals surface area contributed by atoms with Gasteiger partial charge in [-0.25, -0.2) is 4.98 Å². The highest BCUT2D eigenvalue weighted by Crippen LogP contribution is 2.49. The average Bonchev–Trinajstić information content (AvgIpc) is 3.30. The molecule has 0 atom stereocenters. The third-order valence-corrected chi connectivity index (χ3v) is 4.39. The van der Waals surface area contributed by atoms with Gasteiger partial charge in [0.25, 0.3) is 0 Å². The van der Waals surface area contributed by atoms with Gasteiger partial charge in [0, 0.05) is 6.54 Å². The number of aromatic amines is 1. The second kappa shape index (κ2) is 4.34. The van der Waals surface area contributed by atoms with Crippen molar-refractivity contribution in [3.8, 4) is 0 Å². The normalized spacial score (nSPS) is 19.3. The molecule has 0 amide bonds. The maximum absolute atomic E-state index is 5.93. The lowest BCUT2D eigenvalue weighted by Crippen LogP contribution is -2.19. The molecule has 0 spiro atoms. The molecular formula is C13H16ClN5. The molecule has 2 heterocycles. The Labute approximate surface area is 116 Å². The van der Waals surface area contributed by atoms with Crippen molar-refractivity contribution >= 4 is 28.6 Å². The number of anilines is 1. The van der Waals surface area contributed by atoms with Crippen molar-refractivity contribution in [1.82, 2.24) is 19.9 Å². The molecule has 0 bridgehead atoms. The average molecular weight is 278 g/mol. The summed E-state index contributed by atoms with van der Waals surface area (Å²) in [6, 6.07) is 0. The number of fused-ring (bicyclic) bond motifs is 1. The van der Waals surface area contributed by atoms with Gasteiger partial charge in [0.15, 0.2) is 11.5 Å². The van der Waals surface area contributed by atoms with Gasteiger partial charge in [-0.3, -0.25) is 0 Å². The van der Waals surface area contributed by atoms with Crippen LogP contribution in [0.3, 0.4) is 0 Å². The quantitative estimate of drug-likeness (QED) is 0.825. The zero-order valence-corrected chi connectivity index (χ0v) is 11.3. The molecule has 0 aromatic carbocycles. The van der Waals surface area contributed by atoms with E-state index in [9.17, 15) is 0 Å². The van der Waals surface area contributed by atoms with Gasteiger partial charge in [0.05, 0.1) is 6.33 Å². The second-order valence-corrected chi connectivity index (χ2v) is 6.00. The topological polar surface area (TPSA) is 66.5 Å². The first kappa shape index (κ1) is 11.5. The van der Waals surface area contributed by atoms with E-state index in [1.54, 1.807) is 6.33 Å². The highest BCUT2D eigenvalue weighted by Gasteiger charge is 2.41. The zero-order chi connectivity index (χ0) is 12.8. The van der Waals surface area contributed by atoms with E-state index in [4.69, 9.17) is 11.6 Å². The maximum atomic E-state index is 5.93. The molecule has 6 heteroatoms. The lowest BCUT2D eigenvalue weighted by molar-refractivity contribution is 0.428. The van der Waals surface area contributed by atoms with E-state index in [0.29, 0.717) is 5.65 Å². The Balaban J connectivity index is 1.55. The van der Waals surface area contributed by atoms with Crippen LogP contribution in [0.4, 0.5) is 5.82 Å². The van der Waals surface area contributed by atoms with Crippen LogP contribution in [0.25, 0.3) is 11.2 Å². The molecule has 2 aromatic rings. The van der Waals surface area contributed by atoms with Crippen molar-refractivity contribution in [2.75, 3.05) is 11.9 Å². The highest BCUT2D eigenvalue weighted by atomic mass is 35.5. The third-order valence-electron chi connectivity index (χ3n) is 4.22. The molecule has 2 N–H and O–H groups in total. The Morgan fingerprint density at radius 3 is 2.68 bits per heavy atom. The molecule has 100 valence electrons. The predicted octanol–water partition coefficient (Wildman–Crippen LogP) is 2.85. The number of nitrogens with one attached hydrogen (secondary N) is 2. The fourth-order valence-electron chi connectivity index (χ4n) is 2.92. The number of halogens is 1. The third kappa shape index (κ3) is 2.27. The molecule has 2 fully saturated rings. The molecule has 5 nitrogen and oxygen atoms in total. The number of imidazole rings is 1. The molecule has 2 aromatic heterocycles. The molecular weight excluding hydrogens is 262 g/mol. The minimum atomic E-state index is 0.247. The number of hydrogen-bond acceptors (Lipinski definition) is 4. The molecule has 0 unspecified atom stereocenters. The van der Waals surface area contributed by atoms with E-state index in [0.717, 1.165) is 35.6 Å². The lowest BCUT2D eigenvalue weighted by Gasteiger charge is -2.16. The summed E-state index contributed by atoms with van der Waals surface area (Å²) in [5.74, 6) is 3.43. The van der Waals surface area contributed by atoms with Crippen molar-refractivity contribution < 1.29 is 0 Å². The van der Waals surface area contributed by atoms with E-state index in [1.807, 2.05) is 0 Å². The highest BCUT2D eigenvalue weighted by molar-refractivity contribution is 6.28. The summed E-state index contributed by atoms with van der Waals surface area (Å²) in [5.41, 5.74) is 1.46. The number of H-pyrrole nitrogens is 1. The summed E-state index contributed by atoms with van der Waals surface area (Å²) in [5, 5.41) is 3.70. The smallest absolute Gasteiger partial charge is 0.226 e. The molecule has 19 heavy (non-hydrogen) atoms. The van der Waals surface area contributed by atoms with Gasteiger partial charge in [0.2, 0.25) is 5.28 Å². The van der Waals surface area contributed by atoms with Crippen molar-refractivity contribution in [1.29, 1.82) is 0 Å². The van der Waals surface area contributed by atoms with Crippen LogP contribution in [0.15, 0.2) is 6.33 Å². The second-order valence-electron chi connectivity index (χ2n) is 5.66. The molecule has 0 saturated heterocycles. The van der Waals surface area contributed by atoms with Crippen LogP contribution in [-0.2, 0) is 0 Å². The number of aromatic nitrogens is 4. The number of nitrogens with zero attached hydrogens (tertiary/aromatic N) is 3. The minimum absolute atomic E-state index is 0.247. The Morgan fingerprint density at radius 1 is 1.26 bits per heavy atom. The van der Waals surface area contributed by atoms with Crippen LogP contribution < -0.4 is 5.32 Å². The lowest BCUT2D eigenvalue weighted by atomic mass is 9.98. The van der Waals surface area contributed by atoms with Crippen molar-refractivity contribution in [2.45, 2.75) is 25.7 Å². The van der Waals surface area contributed by atoms with Gasteiger partial charge in [-0.05, 0) is 55.0 Å². The van der Waals surface area contributed by atoms with Crippen LogP contribution in [0, 0.1) is 17.8 Å². The van der Waals surface area contributed by atoms with Gasteiger partial charge >= 0.3 is 0 Å². The largest absolute Gasteiger partial charge is 0.368 e. The van der Waals surface area contributed by atoms with Crippen LogP contribution in [0.2, 0.25) is 5.28 Å². The Morgan fingerprint density at radius 2 is 2.00 bits per heavy atom. The zero-order valence-electron chi connectivity index (χ0n) is 10.6. The fourth-order valence-corrected chi connectivity index (χ4v) is 3.08. The van der Waals surface area contributed by atoms with Crippen LogP contribution in [0.5, 0.6) is 0 Å². The molecule has 0 radical (unpaired) electrons. The summed E-state index contributed by atoms with van der Waals surface area (Å²) in [6.45, 7) is 0.983. The van der Waals surface area contributed by atoms with Gasteiger partial charge in [-0.15, -0.1) is 0 Å². The number of rotatable bonds is 5. The van der Waals surface area contributed by atoms with Gasteiger partial charge in [-0.2, -0.15) is 9.97 Å². The molecule has 2 saturated carbocycles. The van der Waals surface area contributed by atoms with Gasteiger partial charge < -0.3 is 10.3 Å². The molecule has 0 aliphatic heterocycles. The monoisotopic (exact) mass is 277 g/mol. The Bertz CT molecular complexity index is 590. The van der Waals surface area contributed by atoms with Crippen molar-refractivity contribution in [3.05, 3.63) is 11.6 Å². The summed E-state index contributed by atoms with van der Waals surface area (Å²) in [4.78, 5) is 15.6. The predicted molar refractivity (Wildman–Crippen MR) is 74.1 cm³/mol. The molecule has 4 rings (SSSR count). The Kier molecular flexibility index (Phi) is 2.62. The summed E-state index contributed by atoms with van der Waals surface area (Å²) >= 11 is 5.93. The van der Waals surface area contributed by atoms with Crippen molar-refractivity contribution in [2.24, 2.45) is 17.8 Å². The van der Waals surface area contributed by atoms with Crippen LogP contribution in [0.1, 0.15) is 25.7 Å². The van der Waals surface area contributed by atoms with E-state index >= 15 is 0 Å². The number of hydrogen-bond donors (Lipinski definition) is 2. The van der Waals surface area contributed by atoms with Gasteiger partial charge in [-0.1, -0.05) is 0 Å². The maximum Gasteiger partial charge on any atom is 0.226 e. The fraction of sp³-hybridized carbons (Fsp3) is 0.615. The van der Waals surface area contributed by atoms with E-state index in [1.165, 1.54) is 25.7 Å². The molecule has 2 aliphatic rings. The summed E-state index contributed by atoms with van der Waals surface area (Å²) in [7, 11) is 0. The van der Waals surface area contributed by atoms with E-state index < -0.39 is 0 Å². The summed E-state index contributed by atoms with van der Waals surface area (Å²) in [6.07, 6.45) is 7.21. The first-order valence-electron chi connectivity index (χ1n) is 6.92. The van der Waals surface area contributed by atoms with E-state index in [-0.39, 0.29) is 5.28 Å². The van der Waals surface area contributed by atoms with Crippen LogP contribution in [-0.4, -0.2) is 26.5 Å². The SMILES string of the molecule is Clc1nc(NCC(C2CC2)C2CC2)c2[nH]cnc2n1. The Hall–Kier alpha value is -1.36.